The average Bonchev–Trinajstić information content (AvgIpc) is 3.28. The number of hydrogen-bond acceptors (Lipinski definition) is 8. The van der Waals surface area contributed by atoms with E-state index in [0.717, 1.165) is 28.5 Å². The van der Waals surface area contributed by atoms with Crippen molar-refractivity contribution in [2.75, 3.05) is 27.2 Å². The lowest BCUT2D eigenvalue weighted by atomic mass is 9.93. The summed E-state index contributed by atoms with van der Waals surface area (Å²) in [5, 5.41) is 5.65. The van der Waals surface area contributed by atoms with Gasteiger partial charge in [0.25, 0.3) is 0 Å². The van der Waals surface area contributed by atoms with Crippen LogP contribution in [0.1, 0.15) is 44.4 Å². The van der Waals surface area contributed by atoms with E-state index in [4.69, 9.17) is 14.5 Å². The molecule has 8 nitrogen and oxygen atoms in total. The Labute approximate surface area is 234 Å². The molecule has 1 atom stereocenters. The van der Waals surface area contributed by atoms with Crippen molar-refractivity contribution in [1.82, 2.24) is 15.1 Å². The molecule has 0 saturated heterocycles. The molecule has 2 aliphatic rings. The molecule has 2 aromatic carbocycles. The Kier molecular flexibility index (Phi) is 9.48. The van der Waals surface area contributed by atoms with Crippen LogP contribution in [0.4, 0.5) is 0 Å². The summed E-state index contributed by atoms with van der Waals surface area (Å²) in [5.74, 6) is 0.187. The van der Waals surface area contributed by atoms with E-state index in [1.54, 1.807) is 0 Å². The molecule has 1 N–H and O–H groups in total. The van der Waals surface area contributed by atoms with Gasteiger partial charge in [0.2, 0.25) is 5.91 Å². The van der Waals surface area contributed by atoms with E-state index in [0.29, 0.717) is 30.2 Å². The summed E-state index contributed by atoms with van der Waals surface area (Å²) < 4.78 is 11.8. The first-order chi connectivity index (χ1) is 18.7. The van der Waals surface area contributed by atoms with Gasteiger partial charge in [-0.05, 0) is 63.5 Å². The zero-order valence-corrected chi connectivity index (χ0v) is 24.0. The van der Waals surface area contributed by atoms with Crippen LogP contribution in [-0.4, -0.2) is 60.1 Å². The number of fused-ring (bicyclic) bond motifs is 1. The van der Waals surface area contributed by atoms with Gasteiger partial charge in [0.15, 0.2) is 5.17 Å². The number of nitrogens with one attached hydrogen (secondary N) is 1. The van der Waals surface area contributed by atoms with Crippen LogP contribution in [0.3, 0.4) is 0 Å². The van der Waals surface area contributed by atoms with Crippen LogP contribution in [0.5, 0.6) is 5.75 Å². The highest BCUT2D eigenvalue weighted by Crippen LogP contribution is 2.45. The van der Waals surface area contributed by atoms with Crippen LogP contribution >= 0.6 is 11.8 Å². The van der Waals surface area contributed by atoms with Gasteiger partial charge in [-0.25, -0.2) is 9.79 Å². The van der Waals surface area contributed by atoms with Crippen LogP contribution in [0, 0.1) is 0 Å². The van der Waals surface area contributed by atoms with Crippen LogP contribution in [0.25, 0.3) is 0 Å². The number of hydrogen-bond donors (Lipinski definition) is 1. The Morgan fingerprint density at radius 1 is 1.13 bits per heavy atom. The summed E-state index contributed by atoms with van der Waals surface area (Å²) in [5.41, 5.74) is 3.75. The molecular weight excluding hydrogens is 512 g/mol. The van der Waals surface area contributed by atoms with Crippen LogP contribution in [0.15, 0.2) is 82.0 Å². The average molecular weight is 549 g/mol. The molecular formula is C30H36N4O4S. The fourth-order valence-electron chi connectivity index (χ4n) is 4.38. The Bertz CT molecular complexity index is 1290. The van der Waals surface area contributed by atoms with Gasteiger partial charge in [-0.3, -0.25) is 4.79 Å². The van der Waals surface area contributed by atoms with Crippen molar-refractivity contribution in [2.45, 2.75) is 45.9 Å². The third-order valence-electron chi connectivity index (χ3n) is 6.21. The lowest BCUT2D eigenvalue weighted by Gasteiger charge is -2.36. The minimum absolute atomic E-state index is 0.0822. The molecule has 206 valence electrons. The van der Waals surface area contributed by atoms with Crippen molar-refractivity contribution in [1.29, 1.82) is 0 Å². The van der Waals surface area contributed by atoms with Crippen molar-refractivity contribution in [3.63, 3.8) is 0 Å². The van der Waals surface area contributed by atoms with E-state index in [1.165, 1.54) is 11.8 Å². The van der Waals surface area contributed by atoms with Crippen LogP contribution in [0.2, 0.25) is 0 Å². The van der Waals surface area contributed by atoms with E-state index in [-0.39, 0.29) is 18.4 Å². The summed E-state index contributed by atoms with van der Waals surface area (Å²) in [7, 11) is 3.93. The molecule has 1 amide bonds. The fourth-order valence-corrected chi connectivity index (χ4v) is 5.35. The van der Waals surface area contributed by atoms with Gasteiger partial charge < -0.3 is 24.6 Å². The fraction of sp³-hybridized carbons (Fsp3) is 0.367. The molecule has 0 bridgehead atoms. The second kappa shape index (κ2) is 13.0. The highest BCUT2D eigenvalue weighted by atomic mass is 32.2. The minimum Gasteiger partial charge on any atom is -0.489 e. The molecule has 4 rings (SSSR count). The molecule has 2 aliphatic heterocycles. The predicted octanol–water partition coefficient (Wildman–Crippen LogP) is 4.86. The minimum atomic E-state index is -0.514. The van der Waals surface area contributed by atoms with Crippen LogP contribution < -0.4 is 10.1 Å². The first-order valence-electron chi connectivity index (χ1n) is 13.1. The van der Waals surface area contributed by atoms with Gasteiger partial charge in [0.05, 0.1) is 29.8 Å². The number of ether oxygens (including phenoxy) is 2. The maximum Gasteiger partial charge on any atom is 0.338 e. The molecule has 2 heterocycles. The SMILES string of the molecule is CC1=C(C(=O)OC(C)C)C(c2cccc(OCc3ccccc3)c2)N2C(CC(=O)NCCN(C)C)=CSC2=N1. The normalized spacial score (nSPS) is 16.7. The number of nitrogens with zero attached hydrogens (tertiary/aromatic N) is 3. The molecule has 0 fully saturated rings. The van der Waals surface area contributed by atoms with Crippen molar-refractivity contribution in [3.8, 4) is 5.75 Å². The van der Waals surface area contributed by atoms with Gasteiger partial charge in [-0.2, -0.15) is 0 Å². The second-order valence-electron chi connectivity index (χ2n) is 10.0. The number of rotatable bonds is 11. The van der Waals surface area contributed by atoms with Crippen LogP contribution in [-0.2, 0) is 20.9 Å². The van der Waals surface area contributed by atoms with E-state index in [1.807, 2.05) is 105 Å². The smallest absolute Gasteiger partial charge is 0.338 e. The monoisotopic (exact) mass is 548 g/mol. The second-order valence-corrected chi connectivity index (χ2v) is 10.9. The van der Waals surface area contributed by atoms with Gasteiger partial charge in [0.1, 0.15) is 12.4 Å². The van der Waals surface area contributed by atoms with Gasteiger partial charge in [-0.1, -0.05) is 54.2 Å². The number of carbonyl (C=O) groups excluding carboxylic acids is 2. The number of likely N-dealkylation sites (N-methyl/N-ethyl adjacent to an activating group) is 1. The van der Waals surface area contributed by atoms with Crippen molar-refractivity contribution in [2.24, 2.45) is 4.99 Å². The number of aliphatic imine (C=N–C) groups is 1. The Morgan fingerprint density at radius 3 is 2.62 bits per heavy atom. The zero-order chi connectivity index (χ0) is 27.9. The third-order valence-corrected chi connectivity index (χ3v) is 7.10. The highest BCUT2D eigenvalue weighted by Gasteiger charge is 2.41. The number of carbonyl (C=O) groups is 2. The first kappa shape index (κ1) is 28.4. The Balaban J connectivity index is 1.64. The van der Waals surface area contributed by atoms with E-state index in [9.17, 15) is 9.59 Å². The van der Waals surface area contributed by atoms with Crippen molar-refractivity contribution < 1.29 is 19.1 Å². The molecule has 0 spiro atoms. The Morgan fingerprint density at radius 2 is 1.90 bits per heavy atom. The lowest BCUT2D eigenvalue weighted by molar-refractivity contribution is -0.143. The maximum atomic E-state index is 13.4. The quantitative estimate of drug-likeness (QED) is 0.402. The van der Waals surface area contributed by atoms with E-state index < -0.39 is 12.0 Å². The topological polar surface area (TPSA) is 83.5 Å². The summed E-state index contributed by atoms with van der Waals surface area (Å²) in [4.78, 5) is 35.0. The molecule has 0 aliphatic carbocycles. The van der Waals surface area contributed by atoms with Crippen molar-refractivity contribution in [3.05, 3.63) is 88.1 Å². The van der Waals surface area contributed by atoms with Gasteiger partial charge in [-0.15, -0.1) is 0 Å². The number of esters is 1. The molecule has 2 aromatic rings. The third kappa shape index (κ3) is 7.30. The molecule has 0 radical (unpaired) electrons. The predicted molar refractivity (Wildman–Crippen MR) is 155 cm³/mol. The summed E-state index contributed by atoms with van der Waals surface area (Å²) in [6.45, 7) is 7.22. The number of amidine groups is 1. The number of thioether (sulfide) groups is 1. The van der Waals surface area contributed by atoms with E-state index >= 15 is 0 Å². The summed E-state index contributed by atoms with van der Waals surface area (Å²) >= 11 is 1.45. The first-order valence-corrected chi connectivity index (χ1v) is 13.9. The highest BCUT2D eigenvalue weighted by molar-refractivity contribution is 8.16. The molecule has 0 aromatic heterocycles. The van der Waals surface area contributed by atoms with Gasteiger partial charge in [0, 0.05) is 18.8 Å². The molecule has 1 unspecified atom stereocenters. The number of benzene rings is 2. The largest absolute Gasteiger partial charge is 0.489 e. The van der Waals surface area contributed by atoms with E-state index in [2.05, 4.69) is 5.32 Å². The maximum absolute atomic E-state index is 13.4. The number of amides is 1. The molecule has 9 heteroatoms. The summed E-state index contributed by atoms with van der Waals surface area (Å²) in [6.07, 6.45) is -0.110. The zero-order valence-electron chi connectivity index (χ0n) is 23.1. The van der Waals surface area contributed by atoms with Crippen molar-refractivity contribution >= 4 is 28.8 Å². The molecule has 39 heavy (non-hydrogen) atoms. The summed E-state index contributed by atoms with van der Waals surface area (Å²) in [6, 6.07) is 17.2. The standard InChI is InChI=1S/C30H36N4O4S/c1-20(2)38-29(36)27-21(3)32-30-34(24(19-39-30)17-26(35)31-14-15-33(4)5)28(27)23-12-9-13-25(16-23)37-18-22-10-7-6-8-11-22/h6-13,16,19-20,28H,14-15,17-18H2,1-5H3,(H,31,35). The number of allylic oxidation sites excluding steroid dienone is 1. The lowest BCUT2D eigenvalue weighted by Crippen LogP contribution is -2.39. The molecule has 0 saturated carbocycles. The Hall–Kier alpha value is -3.56. The van der Waals surface area contributed by atoms with Gasteiger partial charge >= 0.3 is 5.97 Å².